The maximum atomic E-state index is 13.0. The molecule has 6 nitrogen and oxygen atoms in total. The van der Waals surface area contributed by atoms with Gasteiger partial charge in [0.2, 0.25) is 0 Å². The molecule has 0 aromatic rings. The smallest absolute Gasteiger partial charge is 0.306 e. The molecule has 0 N–H and O–H groups in total. The highest BCUT2D eigenvalue weighted by atomic mass is 16.6. The second-order valence-electron chi connectivity index (χ2n) is 23.4. The van der Waals surface area contributed by atoms with E-state index >= 15 is 0 Å². The average Bonchev–Trinajstić information content (AvgIpc) is 3.50. The minimum atomic E-state index is -0.792. The van der Waals surface area contributed by atoms with Gasteiger partial charge in [0.25, 0.3) is 0 Å². The number of hydrogen-bond acceptors (Lipinski definition) is 6. The fraction of sp³-hybridized carbons (Fsp3) is 0.727. The van der Waals surface area contributed by atoms with Crippen molar-refractivity contribution in [2.75, 3.05) is 13.2 Å². The first-order valence-corrected chi connectivity index (χ1v) is 35.4. The molecule has 1 atom stereocenters. The average molecular weight is 1150 g/mol. The summed E-state index contributed by atoms with van der Waals surface area (Å²) < 4.78 is 17.0. The van der Waals surface area contributed by atoms with Gasteiger partial charge in [-0.25, -0.2) is 0 Å². The molecule has 0 spiro atoms. The van der Waals surface area contributed by atoms with E-state index in [0.29, 0.717) is 19.3 Å². The van der Waals surface area contributed by atoms with Crippen LogP contribution in [0.5, 0.6) is 0 Å². The van der Waals surface area contributed by atoms with E-state index in [1.807, 2.05) is 0 Å². The van der Waals surface area contributed by atoms with Gasteiger partial charge in [-0.15, -0.1) is 0 Å². The van der Waals surface area contributed by atoms with E-state index in [1.165, 1.54) is 180 Å². The van der Waals surface area contributed by atoms with E-state index < -0.39 is 6.10 Å². The molecular formula is C77H132O6. The van der Waals surface area contributed by atoms with E-state index in [0.717, 1.165) is 122 Å². The number of carbonyl (C=O) groups excluding carboxylic acids is 3. The van der Waals surface area contributed by atoms with Gasteiger partial charge in [0.05, 0.1) is 0 Å². The number of rotatable bonds is 64. The van der Waals surface area contributed by atoms with Crippen LogP contribution in [0.2, 0.25) is 0 Å². The molecule has 0 fully saturated rings. The van der Waals surface area contributed by atoms with Crippen LogP contribution in [0.1, 0.15) is 342 Å². The largest absolute Gasteiger partial charge is 0.462 e. The van der Waals surface area contributed by atoms with Crippen LogP contribution in [0.25, 0.3) is 0 Å². The summed E-state index contributed by atoms with van der Waals surface area (Å²) in [4.78, 5) is 38.5. The van der Waals surface area contributed by atoms with Gasteiger partial charge in [0, 0.05) is 19.3 Å². The van der Waals surface area contributed by atoms with E-state index in [1.54, 1.807) is 0 Å². The Labute approximate surface area is 514 Å². The maximum Gasteiger partial charge on any atom is 0.306 e. The normalized spacial score (nSPS) is 12.8. The molecule has 0 aliphatic heterocycles. The Morgan fingerprint density at radius 2 is 0.470 bits per heavy atom. The number of allylic oxidation sites excluding steroid dienone is 18. The highest BCUT2D eigenvalue weighted by molar-refractivity contribution is 5.71. The highest BCUT2D eigenvalue weighted by Crippen LogP contribution is 2.16. The van der Waals surface area contributed by atoms with Crippen molar-refractivity contribution in [1.82, 2.24) is 0 Å². The second-order valence-corrected chi connectivity index (χ2v) is 23.4. The first-order valence-electron chi connectivity index (χ1n) is 35.4. The van der Waals surface area contributed by atoms with Gasteiger partial charge in [-0.05, 0) is 128 Å². The number of ether oxygens (including phenoxy) is 3. The lowest BCUT2D eigenvalue weighted by atomic mass is 10.1. The van der Waals surface area contributed by atoms with Crippen molar-refractivity contribution < 1.29 is 28.6 Å². The molecule has 0 aromatic heterocycles. The molecule has 0 aliphatic carbocycles. The summed E-state index contributed by atoms with van der Waals surface area (Å²) in [6, 6.07) is 0. The van der Waals surface area contributed by atoms with Crippen molar-refractivity contribution in [2.24, 2.45) is 0 Å². The summed E-state index contributed by atoms with van der Waals surface area (Å²) in [6.07, 6.45) is 96.7. The molecule has 83 heavy (non-hydrogen) atoms. The summed E-state index contributed by atoms with van der Waals surface area (Å²) >= 11 is 0. The van der Waals surface area contributed by atoms with Crippen molar-refractivity contribution in [1.29, 1.82) is 0 Å². The molecule has 0 aromatic carbocycles. The zero-order valence-corrected chi connectivity index (χ0v) is 54.7. The fourth-order valence-electron chi connectivity index (χ4n) is 9.94. The summed E-state index contributed by atoms with van der Waals surface area (Å²) in [5.41, 5.74) is 0. The molecular weight excluding hydrogens is 1020 g/mol. The maximum absolute atomic E-state index is 13.0. The van der Waals surface area contributed by atoms with Crippen LogP contribution in [-0.4, -0.2) is 37.2 Å². The van der Waals surface area contributed by atoms with Gasteiger partial charge >= 0.3 is 17.9 Å². The molecule has 0 amide bonds. The van der Waals surface area contributed by atoms with Crippen molar-refractivity contribution in [3.05, 3.63) is 109 Å². The van der Waals surface area contributed by atoms with Gasteiger partial charge in [-0.3, -0.25) is 14.4 Å². The Morgan fingerprint density at radius 3 is 0.747 bits per heavy atom. The Bertz CT molecular complexity index is 1660. The second kappa shape index (κ2) is 70.6. The van der Waals surface area contributed by atoms with Crippen LogP contribution >= 0.6 is 0 Å². The molecule has 6 heteroatoms. The van der Waals surface area contributed by atoms with Crippen LogP contribution in [0.3, 0.4) is 0 Å². The van der Waals surface area contributed by atoms with Gasteiger partial charge in [-0.1, -0.05) is 304 Å². The predicted octanol–water partition coefficient (Wildman–Crippen LogP) is 24.6. The number of hydrogen-bond donors (Lipinski definition) is 0. The topological polar surface area (TPSA) is 78.9 Å². The van der Waals surface area contributed by atoms with Crippen LogP contribution in [-0.2, 0) is 28.6 Å². The minimum Gasteiger partial charge on any atom is -0.462 e. The van der Waals surface area contributed by atoms with Crippen molar-refractivity contribution in [3.8, 4) is 0 Å². The van der Waals surface area contributed by atoms with Crippen LogP contribution in [0.4, 0.5) is 0 Å². The van der Waals surface area contributed by atoms with Crippen molar-refractivity contribution in [2.45, 2.75) is 348 Å². The zero-order valence-electron chi connectivity index (χ0n) is 54.7. The molecule has 0 saturated carbocycles. The van der Waals surface area contributed by atoms with Gasteiger partial charge < -0.3 is 14.2 Å². The summed E-state index contributed by atoms with van der Waals surface area (Å²) in [6.45, 7) is 6.54. The van der Waals surface area contributed by atoms with Gasteiger partial charge in [-0.2, -0.15) is 0 Å². The SMILES string of the molecule is CC/C=C\C/C=C\C/C=C\C/C=C\C/C=C\C/C=C\C/C=C\CCCCCCCC(=O)OCC(COC(=O)CCCCCCCCCCC/C=C\CCCCCCCC)OC(=O)CCCCCCCCCCC/C=C\CCCCCCCC. The Morgan fingerprint density at radius 1 is 0.253 bits per heavy atom. The third kappa shape index (κ3) is 68.7. The van der Waals surface area contributed by atoms with Crippen LogP contribution in [0, 0.1) is 0 Å². The molecule has 476 valence electrons. The zero-order chi connectivity index (χ0) is 59.9. The van der Waals surface area contributed by atoms with E-state index in [9.17, 15) is 14.4 Å². The lowest BCUT2D eigenvalue weighted by Gasteiger charge is -2.18. The molecule has 0 radical (unpaired) electrons. The van der Waals surface area contributed by atoms with E-state index in [2.05, 4.69) is 130 Å². The quantitative estimate of drug-likeness (QED) is 0.0261. The van der Waals surface area contributed by atoms with E-state index in [4.69, 9.17) is 14.2 Å². The standard InChI is InChI=1S/C77H132O6/c1-4-7-10-13-16-19-22-25-28-31-34-35-36-37-38-39-40-41-44-46-49-52-55-58-61-64-67-70-76(79)82-73-74(83-77(80)71-68-65-62-59-56-53-50-47-43-33-30-27-24-21-18-15-12-9-6-3)72-81-75(78)69-66-63-60-57-54-51-48-45-42-32-29-26-23-20-17-14-11-8-5-2/h7,10,16,19,25-30,34-35,37-38,40-41,46,49,74H,4-6,8-9,11-15,17-18,20-24,31-33,36,39,42-45,47-48,50-73H2,1-3H3/b10-7-,19-16-,28-25-,29-26-,30-27-,35-34-,38-37-,41-40-,49-46-. The molecule has 0 saturated heterocycles. The monoisotopic (exact) mass is 1150 g/mol. The summed E-state index contributed by atoms with van der Waals surface area (Å²) in [5, 5.41) is 0. The molecule has 1 unspecified atom stereocenters. The van der Waals surface area contributed by atoms with Gasteiger partial charge in [0.15, 0.2) is 6.10 Å². The summed E-state index contributed by atoms with van der Waals surface area (Å²) in [7, 11) is 0. The van der Waals surface area contributed by atoms with Crippen LogP contribution in [0.15, 0.2) is 109 Å². The lowest BCUT2D eigenvalue weighted by Crippen LogP contribution is -2.30. The third-order valence-corrected chi connectivity index (χ3v) is 15.2. The molecule has 0 bridgehead atoms. The van der Waals surface area contributed by atoms with Crippen LogP contribution < -0.4 is 0 Å². The Balaban J connectivity index is 4.41. The van der Waals surface area contributed by atoms with Crippen molar-refractivity contribution >= 4 is 17.9 Å². The fourth-order valence-corrected chi connectivity index (χ4v) is 9.94. The Hall–Kier alpha value is -3.93. The molecule has 0 heterocycles. The van der Waals surface area contributed by atoms with Gasteiger partial charge in [0.1, 0.15) is 13.2 Å². The number of esters is 3. The van der Waals surface area contributed by atoms with Crippen molar-refractivity contribution in [3.63, 3.8) is 0 Å². The molecule has 0 rings (SSSR count). The first kappa shape index (κ1) is 79.1. The first-order chi connectivity index (χ1) is 41.0. The molecule has 0 aliphatic rings. The lowest BCUT2D eigenvalue weighted by molar-refractivity contribution is -0.167. The van der Waals surface area contributed by atoms with E-state index in [-0.39, 0.29) is 31.1 Å². The third-order valence-electron chi connectivity index (χ3n) is 15.2. The minimum absolute atomic E-state index is 0.0852. The Kier molecular flexibility index (Phi) is 67.2. The predicted molar refractivity (Wildman–Crippen MR) is 362 cm³/mol. The highest BCUT2D eigenvalue weighted by Gasteiger charge is 2.19. The summed E-state index contributed by atoms with van der Waals surface area (Å²) in [5.74, 6) is -0.895. The number of carbonyl (C=O) groups is 3. The number of unbranched alkanes of at least 4 members (excludes halogenated alkanes) is 35.